The first-order valence-electron chi connectivity index (χ1n) is 22.4. The van der Waals surface area contributed by atoms with E-state index in [1.54, 1.807) is 12.0 Å². The van der Waals surface area contributed by atoms with Gasteiger partial charge in [-0.05, 0) is 71.9 Å². The molecular formula is C53H64N8O6. The molecule has 5 N–H and O–H groups in total. The number of carbonyl (C=O) groups excluding carboxylic acids is 4. The quantitative estimate of drug-likeness (QED) is 0.0616. The molecule has 7 rings (SSSR count). The van der Waals surface area contributed by atoms with E-state index >= 15 is 0 Å². The van der Waals surface area contributed by atoms with Crippen LogP contribution in [0.2, 0.25) is 0 Å². The zero-order valence-electron chi connectivity index (χ0n) is 39.5. The number of imidazole rings is 2. The maximum Gasteiger partial charge on any atom is 0.404 e. The Kier molecular flexibility index (Phi) is 20.2. The number of benzene rings is 4. The van der Waals surface area contributed by atoms with Crippen LogP contribution in [0.4, 0.5) is 4.79 Å². The second kappa shape index (κ2) is 25.9. The molecule has 0 spiro atoms. The second-order valence-electron chi connectivity index (χ2n) is 16.3. The summed E-state index contributed by atoms with van der Waals surface area (Å²) < 4.78 is 9.48. The summed E-state index contributed by atoms with van der Waals surface area (Å²) in [5, 5.41) is 5.10. The van der Waals surface area contributed by atoms with Gasteiger partial charge in [-0.3, -0.25) is 14.4 Å². The molecule has 14 nitrogen and oxygen atoms in total. The number of carbonyl (C=O) groups is 4. The highest BCUT2D eigenvalue weighted by atomic mass is 16.5. The summed E-state index contributed by atoms with van der Waals surface area (Å²) in [4.78, 5) is 69.7. The van der Waals surface area contributed by atoms with Crippen LogP contribution in [0.5, 0.6) is 0 Å². The van der Waals surface area contributed by atoms with E-state index in [0.29, 0.717) is 37.8 Å². The molecule has 1 fully saturated rings. The van der Waals surface area contributed by atoms with Crippen LogP contribution in [0.1, 0.15) is 83.1 Å². The number of aromatic nitrogens is 4. The SMILES string of the molecule is C#C.C#C.CCCN(Cc1ncc(-c2ccc(-c3ccc4c(ccc5[nH]c(CN(CC(C)OC)C(=O)[C@H](NC(=O)C6CC6)c6ccccc6)nc54)c3)cc2)[nH]1)C(=O)C[C@@H](C)CC.COC(N)=O. The number of nitrogens with one attached hydrogen (secondary N) is 3. The van der Waals surface area contributed by atoms with E-state index in [1.165, 1.54) is 7.11 Å². The van der Waals surface area contributed by atoms with Crippen LogP contribution in [-0.2, 0) is 36.9 Å². The van der Waals surface area contributed by atoms with Crippen LogP contribution in [-0.4, -0.2) is 87.0 Å². The minimum atomic E-state index is -0.814. The maximum absolute atomic E-state index is 14.3. The number of rotatable bonds is 18. The van der Waals surface area contributed by atoms with E-state index < -0.39 is 12.1 Å². The summed E-state index contributed by atoms with van der Waals surface area (Å²) in [7, 11) is 2.85. The topological polar surface area (TPSA) is 189 Å². The van der Waals surface area contributed by atoms with Gasteiger partial charge < -0.3 is 40.3 Å². The molecule has 6 aromatic rings. The predicted octanol–water partition coefficient (Wildman–Crippen LogP) is 8.79. The lowest BCUT2D eigenvalue weighted by molar-refractivity contribution is -0.139. The van der Waals surface area contributed by atoms with E-state index in [0.717, 1.165) is 81.3 Å². The number of primary amides is 1. The van der Waals surface area contributed by atoms with Crippen LogP contribution in [0, 0.1) is 37.5 Å². The second-order valence-corrected chi connectivity index (χ2v) is 16.3. The number of hydrogen-bond donors (Lipinski definition) is 4. The molecule has 14 heteroatoms. The molecule has 4 amide bonds. The number of amides is 4. The third kappa shape index (κ3) is 14.5. The smallest absolute Gasteiger partial charge is 0.404 e. The molecule has 67 heavy (non-hydrogen) atoms. The van der Waals surface area contributed by atoms with Crippen molar-refractivity contribution in [1.82, 2.24) is 35.1 Å². The van der Waals surface area contributed by atoms with E-state index in [1.807, 2.05) is 54.4 Å². The molecule has 0 radical (unpaired) electrons. The maximum atomic E-state index is 14.3. The van der Waals surface area contributed by atoms with Gasteiger partial charge in [0.15, 0.2) is 0 Å². The van der Waals surface area contributed by atoms with Crippen LogP contribution in [0.25, 0.3) is 44.2 Å². The first-order valence-corrected chi connectivity index (χ1v) is 22.4. The van der Waals surface area contributed by atoms with Crippen molar-refractivity contribution in [2.24, 2.45) is 17.6 Å². The molecule has 1 unspecified atom stereocenters. The van der Waals surface area contributed by atoms with Crippen LogP contribution in [0.15, 0.2) is 91.1 Å². The molecule has 1 aliphatic carbocycles. The largest absolute Gasteiger partial charge is 0.453 e. The van der Waals surface area contributed by atoms with Crippen LogP contribution >= 0.6 is 0 Å². The average molecular weight is 909 g/mol. The highest BCUT2D eigenvalue weighted by Crippen LogP contribution is 2.32. The van der Waals surface area contributed by atoms with Gasteiger partial charge in [0.2, 0.25) is 17.7 Å². The molecule has 0 bridgehead atoms. The molecule has 0 aliphatic heterocycles. The van der Waals surface area contributed by atoms with Crippen molar-refractivity contribution in [1.29, 1.82) is 0 Å². The fraction of sp³-hybridized carbons (Fsp3) is 0.358. The van der Waals surface area contributed by atoms with Gasteiger partial charge in [-0.15, -0.1) is 25.7 Å². The third-order valence-corrected chi connectivity index (χ3v) is 11.4. The Balaban J connectivity index is 0.00000101. The molecule has 2 heterocycles. The molecule has 3 atom stereocenters. The lowest BCUT2D eigenvalue weighted by atomic mass is 9.99. The van der Waals surface area contributed by atoms with E-state index in [4.69, 9.17) is 9.72 Å². The monoisotopic (exact) mass is 908 g/mol. The van der Waals surface area contributed by atoms with Crippen LogP contribution in [0.3, 0.4) is 0 Å². The van der Waals surface area contributed by atoms with Crippen molar-refractivity contribution in [3.8, 4) is 48.1 Å². The van der Waals surface area contributed by atoms with Gasteiger partial charge in [0.25, 0.3) is 0 Å². The molecule has 1 aliphatic rings. The molecular weight excluding hydrogens is 845 g/mol. The van der Waals surface area contributed by atoms with Gasteiger partial charge in [0.1, 0.15) is 17.7 Å². The minimum absolute atomic E-state index is 0.0320. The summed E-state index contributed by atoms with van der Waals surface area (Å²) in [5.41, 5.74) is 11.0. The van der Waals surface area contributed by atoms with E-state index in [9.17, 15) is 19.2 Å². The van der Waals surface area contributed by atoms with Gasteiger partial charge in [0.05, 0.1) is 49.2 Å². The fourth-order valence-corrected chi connectivity index (χ4v) is 7.37. The molecule has 0 saturated heterocycles. The Morgan fingerprint density at radius 3 is 2.09 bits per heavy atom. The van der Waals surface area contributed by atoms with Gasteiger partial charge in [-0.2, -0.15) is 0 Å². The van der Waals surface area contributed by atoms with Crippen molar-refractivity contribution in [3.05, 3.63) is 108 Å². The normalized spacial score (nSPS) is 12.9. The lowest BCUT2D eigenvalue weighted by Crippen LogP contribution is -2.45. The average Bonchev–Trinajstić information content (AvgIpc) is 3.98. The Labute approximate surface area is 394 Å². The van der Waals surface area contributed by atoms with Gasteiger partial charge in [-0.25, -0.2) is 14.8 Å². The van der Waals surface area contributed by atoms with Crippen molar-refractivity contribution >= 4 is 45.6 Å². The minimum Gasteiger partial charge on any atom is -0.453 e. The summed E-state index contributed by atoms with van der Waals surface area (Å²) in [6.07, 6.45) is 21.0. The number of H-pyrrole nitrogens is 2. The zero-order chi connectivity index (χ0) is 49.0. The van der Waals surface area contributed by atoms with Gasteiger partial charge in [-0.1, -0.05) is 100.0 Å². The van der Waals surface area contributed by atoms with E-state index in [2.05, 4.69) is 126 Å². The van der Waals surface area contributed by atoms with Crippen molar-refractivity contribution < 1.29 is 28.7 Å². The number of hydrogen-bond acceptors (Lipinski definition) is 8. The Bertz CT molecular complexity index is 2570. The molecule has 352 valence electrons. The number of nitrogens with zero attached hydrogens (tertiary/aromatic N) is 4. The number of fused-ring (bicyclic) bond motifs is 3. The Hall–Kier alpha value is -7.42. The first-order chi connectivity index (χ1) is 32.4. The molecule has 4 aromatic carbocycles. The zero-order valence-corrected chi connectivity index (χ0v) is 39.5. The summed E-state index contributed by atoms with van der Waals surface area (Å²) in [6.45, 7) is 10.00. The van der Waals surface area contributed by atoms with Crippen molar-refractivity contribution in [2.75, 3.05) is 27.3 Å². The Morgan fingerprint density at radius 2 is 1.48 bits per heavy atom. The number of terminal acetylenes is 2. The molecule has 2 aromatic heterocycles. The van der Waals surface area contributed by atoms with Crippen molar-refractivity contribution in [3.63, 3.8) is 0 Å². The first kappa shape index (κ1) is 52.2. The number of methoxy groups -OCH3 is 2. The number of nitrogens with two attached hydrogens (primary N) is 1. The number of aromatic amines is 2. The summed E-state index contributed by atoms with van der Waals surface area (Å²) in [6, 6.07) is 27.5. The summed E-state index contributed by atoms with van der Waals surface area (Å²) >= 11 is 0. The molecule has 1 saturated carbocycles. The number of ether oxygens (including phenoxy) is 2. The van der Waals surface area contributed by atoms with E-state index in [-0.39, 0.29) is 36.3 Å². The highest BCUT2D eigenvalue weighted by molar-refractivity contribution is 6.05. The van der Waals surface area contributed by atoms with Gasteiger partial charge in [0, 0.05) is 37.9 Å². The van der Waals surface area contributed by atoms with Gasteiger partial charge >= 0.3 is 6.09 Å². The predicted molar refractivity (Wildman–Crippen MR) is 265 cm³/mol. The standard InChI is InChI=1S/C47H55N7O4.C2H5NO2.2C2H2/c1-6-23-53(43(55)24-30(3)7-2)28-41-48-26-40(50-41)33-15-13-32(14-16-33)36-19-21-38-37(25-36)20-22-39-45(38)51-42(49-39)29-54(27-31(4)58-5)47(57)44(34-11-9-8-10-12-34)52-46(56)35-17-18-35;1-5-2(3)4;2*1-2/h8-16,19-22,25-26,30-31,35,44H,6-7,17-18,23-24,27-29H2,1-5H3,(H,48,50)(H,49,51)(H,52,56);1H3,(H2,3,4);2*1-2H/t30-,31?,44+;;;/m0.../s1. The Morgan fingerprint density at radius 1 is 0.836 bits per heavy atom. The van der Waals surface area contributed by atoms with Crippen LogP contribution < -0.4 is 11.1 Å². The fourth-order valence-electron chi connectivity index (χ4n) is 7.37. The lowest BCUT2D eigenvalue weighted by Gasteiger charge is -2.29. The third-order valence-electron chi connectivity index (χ3n) is 11.4. The highest BCUT2D eigenvalue weighted by Gasteiger charge is 2.35. The van der Waals surface area contributed by atoms with Crippen molar-refractivity contribution in [2.45, 2.75) is 85.0 Å². The summed E-state index contributed by atoms with van der Waals surface area (Å²) in [5.74, 6) is 1.65.